The standard InChI is InChI=1S/C4H6NO2SSe/c1-4(5,2(6)7)3(8)9/h5H2,1H3,(H,6,7). The Balaban J connectivity index is 4.38. The molecule has 0 saturated carbocycles. The fourth-order valence-corrected chi connectivity index (χ4v) is 0.358. The zero-order valence-electron chi connectivity index (χ0n) is 4.75. The predicted octanol–water partition coefficient (Wildman–Crippen LogP) is -0.716. The van der Waals surface area contributed by atoms with Crippen molar-refractivity contribution in [3.8, 4) is 0 Å². The van der Waals surface area contributed by atoms with Gasteiger partial charge in [-0.25, -0.2) is 0 Å². The van der Waals surface area contributed by atoms with Crippen LogP contribution in [0.3, 0.4) is 0 Å². The first-order chi connectivity index (χ1) is 3.89. The number of carboxylic acids is 1. The van der Waals surface area contributed by atoms with Crippen molar-refractivity contribution in [2.24, 2.45) is 5.73 Å². The van der Waals surface area contributed by atoms with Crippen molar-refractivity contribution in [2.45, 2.75) is 12.5 Å². The van der Waals surface area contributed by atoms with Gasteiger partial charge in [0, 0.05) is 0 Å². The Bertz CT molecular complexity index is 141. The van der Waals surface area contributed by atoms with Crippen molar-refractivity contribution in [1.29, 1.82) is 0 Å². The van der Waals surface area contributed by atoms with Gasteiger partial charge in [0.1, 0.15) is 0 Å². The van der Waals surface area contributed by atoms with Gasteiger partial charge in [0.2, 0.25) is 0 Å². The number of carboxylic acid groups (broad SMARTS) is 1. The first kappa shape index (κ1) is 9.04. The van der Waals surface area contributed by atoms with Gasteiger partial charge in [-0.15, -0.1) is 0 Å². The summed E-state index contributed by atoms with van der Waals surface area (Å²) in [6.07, 6.45) is 0. The second-order valence-electron chi connectivity index (χ2n) is 1.79. The number of aliphatic carboxylic acids is 1. The Hall–Kier alpha value is 0.0395. The van der Waals surface area contributed by atoms with E-state index in [4.69, 9.17) is 10.8 Å². The molecule has 51 valence electrons. The van der Waals surface area contributed by atoms with Crippen LogP contribution in [0.1, 0.15) is 6.92 Å². The van der Waals surface area contributed by atoms with E-state index in [0.29, 0.717) is 0 Å². The summed E-state index contributed by atoms with van der Waals surface area (Å²) in [7, 11) is 0. The Labute approximate surface area is 66.4 Å². The van der Waals surface area contributed by atoms with E-state index < -0.39 is 11.5 Å². The van der Waals surface area contributed by atoms with Crippen LogP contribution in [0, 0.1) is 0 Å². The molecule has 0 amide bonds. The number of rotatable bonds is 2. The fourth-order valence-electron chi connectivity index (χ4n) is 0.0873. The maximum absolute atomic E-state index is 10.2. The van der Waals surface area contributed by atoms with E-state index in [1.807, 2.05) is 0 Å². The summed E-state index contributed by atoms with van der Waals surface area (Å²) in [5.74, 6) is -1.12. The molecule has 0 aliphatic heterocycles. The summed E-state index contributed by atoms with van der Waals surface area (Å²) in [4.78, 5) is 10.2. The molecule has 0 aromatic heterocycles. The van der Waals surface area contributed by atoms with Crippen molar-refractivity contribution in [3.63, 3.8) is 0 Å². The van der Waals surface area contributed by atoms with Crippen LogP contribution < -0.4 is 5.73 Å². The van der Waals surface area contributed by atoms with Gasteiger partial charge in [-0.3, -0.25) is 0 Å². The van der Waals surface area contributed by atoms with E-state index in [-0.39, 0.29) is 3.76 Å². The molecule has 0 bridgehead atoms. The molecule has 0 spiro atoms. The van der Waals surface area contributed by atoms with Gasteiger partial charge < -0.3 is 0 Å². The topological polar surface area (TPSA) is 63.3 Å². The summed E-state index contributed by atoms with van der Waals surface area (Å²) in [6.45, 7) is 1.34. The van der Waals surface area contributed by atoms with Crippen LogP contribution in [0.25, 0.3) is 0 Å². The number of nitrogens with two attached hydrogens (primary N) is 1. The third-order valence-corrected chi connectivity index (χ3v) is 2.18. The molecule has 0 aliphatic carbocycles. The van der Waals surface area contributed by atoms with Crippen molar-refractivity contribution in [2.75, 3.05) is 0 Å². The minimum absolute atomic E-state index is 0.162. The first-order valence-corrected chi connectivity index (χ1v) is 3.39. The second-order valence-corrected chi connectivity index (χ2v) is 3.64. The number of carbonyl (C=O) groups is 1. The average Bonchev–Trinajstić information content (AvgIpc) is 1.65. The zero-order chi connectivity index (χ0) is 7.65. The molecule has 0 aliphatic rings. The number of hydrogen-bond donors (Lipinski definition) is 2. The number of thiocarbonyl (C=S) groups is 1. The van der Waals surface area contributed by atoms with Crippen LogP contribution in [0.4, 0.5) is 0 Å². The van der Waals surface area contributed by atoms with E-state index in [0.717, 1.165) is 0 Å². The number of hydrogen-bond acceptors (Lipinski definition) is 3. The van der Waals surface area contributed by atoms with Gasteiger partial charge in [0.05, 0.1) is 0 Å². The monoisotopic (exact) mass is 212 g/mol. The molecule has 1 radical (unpaired) electrons. The molecule has 0 rings (SSSR count). The molecule has 9 heavy (non-hydrogen) atoms. The van der Waals surface area contributed by atoms with Crippen LogP contribution in [-0.4, -0.2) is 36.4 Å². The van der Waals surface area contributed by atoms with Crippen molar-refractivity contribution >= 4 is 38.0 Å². The molecule has 3 N–H and O–H groups in total. The fraction of sp³-hybridized carbons (Fsp3) is 0.500. The maximum atomic E-state index is 10.2. The summed E-state index contributed by atoms with van der Waals surface area (Å²) in [5, 5.41) is 8.38. The Morgan fingerprint density at radius 3 is 2.22 bits per heavy atom. The Morgan fingerprint density at radius 2 is 2.22 bits per heavy atom. The molecular weight excluding hydrogens is 205 g/mol. The normalized spacial score (nSPS) is 16.2. The molecule has 0 fully saturated rings. The van der Waals surface area contributed by atoms with Crippen molar-refractivity contribution in [3.05, 3.63) is 0 Å². The van der Waals surface area contributed by atoms with Gasteiger partial charge in [-0.1, -0.05) is 0 Å². The molecular formula is C4H6NO2SSe. The predicted molar refractivity (Wildman–Crippen MR) is 38.6 cm³/mol. The van der Waals surface area contributed by atoms with E-state index in [9.17, 15) is 4.79 Å². The molecule has 5 heteroatoms. The third-order valence-electron chi connectivity index (χ3n) is 0.868. The van der Waals surface area contributed by atoms with Crippen molar-refractivity contribution < 1.29 is 9.90 Å². The van der Waals surface area contributed by atoms with E-state index in [2.05, 4.69) is 28.2 Å². The molecule has 1 atom stereocenters. The minimum atomic E-state index is -1.41. The van der Waals surface area contributed by atoms with Gasteiger partial charge in [0.25, 0.3) is 0 Å². The molecule has 0 saturated heterocycles. The summed E-state index contributed by atoms with van der Waals surface area (Å²) in [5.41, 5.74) is 3.82. The van der Waals surface area contributed by atoms with Crippen LogP contribution in [0.2, 0.25) is 0 Å². The van der Waals surface area contributed by atoms with Crippen LogP contribution in [0.5, 0.6) is 0 Å². The molecule has 0 heterocycles. The summed E-state index contributed by atoms with van der Waals surface area (Å²) >= 11 is 6.93. The van der Waals surface area contributed by atoms with E-state index in [1.165, 1.54) is 6.92 Å². The van der Waals surface area contributed by atoms with Gasteiger partial charge >= 0.3 is 66.1 Å². The van der Waals surface area contributed by atoms with Gasteiger partial charge in [-0.05, 0) is 0 Å². The van der Waals surface area contributed by atoms with Crippen LogP contribution >= 0.6 is 12.2 Å². The van der Waals surface area contributed by atoms with Gasteiger partial charge in [-0.2, -0.15) is 0 Å². The molecule has 0 aromatic rings. The van der Waals surface area contributed by atoms with Gasteiger partial charge in [0.15, 0.2) is 0 Å². The first-order valence-electron chi connectivity index (χ1n) is 2.12. The van der Waals surface area contributed by atoms with E-state index in [1.54, 1.807) is 0 Å². The third kappa shape index (κ3) is 2.02. The Morgan fingerprint density at radius 1 is 1.89 bits per heavy atom. The summed E-state index contributed by atoms with van der Waals surface area (Å²) in [6, 6.07) is 0. The SMILES string of the molecule is CC(N)(C(=O)O)C(=S)[Se]. The molecule has 1 unspecified atom stereocenters. The molecule has 3 nitrogen and oxygen atoms in total. The molecule has 0 aromatic carbocycles. The second kappa shape index (κ2) is 2.75. The van der Waals surface area contributed by atoms with Crippen LogP contribution in [-0.2, 0) is 4.79 Å². The zero-order valence-corrected chi connectivity index (χ0v) is 7.28. The summed E-state index contributed by atoms with van der Waals surface area (Å²) < 4.78 is 0.162. The Kier molecular flexibility index (Phi) is 2.76. The average molecular weight is 211 g/mol. The van der Waals surface area contributed by atoms with Crippen LogP contribution in [0.15, 0.2) is 0 Å². The van der Waals surface area contributed by atoms with E-state index >= 15 is 0 Å². The van der Waals surface area contributed by atoms with Crippen molar-refractivity contribution in [1.82, 2.24) is 0 Å². The quantitative estimate of drug-likeness (QED) is 0.467.